The second kappa shape index (κ2) is 7.72. The van der Waals surface area contributed by atoms with Gasteiger partial charge in [-0.3, -0.25) is 4.79 Å². The monoisotopic (exact) mass is 373 g/mol. The smallest absolute Gasteiger partial charge is 0.310 e. The van der Waals surface area contributed by atoms with E-state index >= 15 is 0 Å². The molecule has 1 atom stereocenters. The maximum Gasteiger partial charge on any atom is 0.310 e. The van der Waals surface area contributed by atoms with E-state index in [-0.39, 0.29) is 11.9 Å². The van der Waals surface area contributed by atoms with Crippen LogP contribution in [-0.2, 0) is 14.3 Å². The number of ether oxygens (including phenoxy) is 2. The van der Waals surface area contributed by atoms with Gasteiger partial charge >= 0.3 is 5.97 Å². The van der Waals surface area contributed by atoms with Crippen molar-refractivity contribution >= 4 is 28.8 Å². The van der Waals surface area contributed by atoms with Gasteiger partial charge in [-0.1, -0.05) is 0 Å². The van der Waals surface area contributed by atoms with E-state index < -0.39 is 0 Å². The number of hydrogen-bond donors (Lipinski definition) is 1. The quantitative estimate of drug-likeness (QED) is 0.819. The summed E-state index contributed by atoms with van der Waals surface area (Å²) in [5.41, 5.74) is 1.90. The summed E-state index contributed by atoms with van der Waals surface area (Å²) in [5, 5.41) is 1.01. The number of esters is 1. The molecule has 146 valence electrons. The Kier molecular flexibility index (Phi) is 5.15. The fourth-order valence-corrected chi connectivity index (χ4v) is 3.88. The summed E-state index contributed by atoms with van der Waals surface area (Å²) in [6.45, 7) is 8.77. The third-order valence-electron chi connectivity index (χ3n) is 5.22. The fourth-order valence-electron chi connectivity index (χ4n) is 3.88. The molecule has 0 saturated carbocycles. The maximum absolute atomic E-state index is 12.2. The molecule has 0 aliphatic carbocycles. The molecule has 1 N–H and O–H groups in total. The van der Waals surface area contributed by atoms with Gasteiger partial charge in [0.2, 0.25) is 5.95 Å². The van der Waals surface area contributed by atoms with Gasteiger partial charge in [0.25, 0.3) is 0 Å². The van der Waals surface area contributed by atoms with Crippen molar-refractivity contribution in [3.05, 3.63) is 11.8 Å². The number of morpholine rings is 1. The number of aromatic nitrogens is 3. The molecule has 2 aliphatic rings. The van der Waals surface area contributed by atoms with E-state index in [2.05, 4.69) is 20.9 Å². The summed E-state index contributed by atoms with van der Waals surface area (Å²) in [6, 6.07) is 2.09. The van der Waals surface area contributed by atoms with E-state index in [0.29, 0.717) is 26.4 Å². The van der Waals surface area contributed by atoms with Gasteiger partial charge in [-0.05, 0) is 32.8 Å². The lowest BCUT2D eigenvalue weighted by Gasteiger charge is -2.33. The molecule has 0 radical (unpaired) electrons. The minimum atomic E-state index is -0.105. The van der Waals surface area contributed by atoms with Crippen LogP contribution in [0, 0.1) is 12.8 Å². The normalized spacial score (nSPS) is 20.9. The second-order valence-corrected chi connectivity index (χ2v) is 7.20. The molecule has 8 heteroatoms. The van der Waals surface area contributed by atoms with E-state index in [1.165, 1.54) is 0 Å². The number of piperidine rings is 1. The zero-order valence-electron chi connectivity index (χ0n) is 16.0. The van der Waals surface area contributed by atoms with Gasteiger partial charge in [0.15, 0.2) is 0 Å². The number of nitrogens with one attached hydrogen (secondary N) is 1. The molecule has 2 saturated heterocycles. The van der Waals surface area contributed by atoms with Crippen molar-refractivity contribution in [2.45, 2.75) is 26.7 Å². The molecule has 0 spiro atoms. The lowest BCUT2D eigenvalue weighted by atomic mass is 9.98. The third-order valence-corrected chi connectivity index (χ3v) is 5.22. The summed E-state index contributed by atoms with van der Waals surface area (Å²) < 4.78 is 10.7. The van der Waals surface area contributed by atoms with Gasteiger partial charge in [-0.25, -0.2) is 0 Å². The van der Waals surface area contributed by atoms with Crippen LogP contribution in [0.3, 0.4) is 0 Å². The van der Waals surface area contributed by atoms with Crippen molar-refractivity contribution in [1.82, 2.24) is 15.0 Å². The van der Waals surface area contributed by atoms with Crippen molar-refractivity contribution < 1.29 is 14.3 Å². The summed E-state index contributed by atoms with van der Waals surface area (Å²) >= 11 is 0. The third kappa shape index (κ3) is 3.71. The molecular formula is C19H27N5O3. The first-order chi connectivity index (χ1) is 13.2. The van der Waals surface area contributed by atoms with Crippen molar-refractivity contribution in [3.8, 4) is 0 Å². The molecule has 0 bridgehead atoms. The number of aromatic amines is 1. The summed E-state index contributed by atoms with van der Waals surface area (Å²) in [4.78, 5) is 29.6. The number of anilines is 2. The highest BCUT2D eigenvalue weighted by Gasteiger charge is 2.29. The number of fused-ring (bicyclic) bond motifs is 1. The number of aryl methyl sites for hydroxylation is 1. The van der Waals surface area contributed by atoms with Crippen LogP contribution in [0.2, 0.25) is 0 Å². The number of hydrogen-bond acceptors (Lipinski definition) is 7. The molecule has 8 nitrogen and oxygen atoms in total. The minimum Gasteiger partial charge on any atom is -0.466 e. The molecule has 0 aromatic carbocycles. The Hall–Kier alpha value is -2.35. The first-order valence-electron chi connectivity index (χ1n) is 9.77. The lowest BCUT2D eigenvalue weighted by Crippen LogP contribution is -2.41. The molecule has 4 heterocycles. The molecular weight excluding hydrogens is 346 g/mol. The van der Waals surface area contributed by atoms with Crippen molar-refractivity contribution in [2.75, 3.05) is 55.8 Å². The van der Waals surface area contributed by atoms with Gasteiger partial charge in [0.05, 0.1) is 31.1 Å². The first kappa shape index (κ1) is 18.0. The van der Waals surface area contributed by atoms with Crippen LogP contribution < -0.4 is 9.80 Å². The average molecular weight is 373 g/mol. The largest absolute Gasteiger partial charge is 0.466 e. The van der Waals surface area contributed by atoms with Gasteiger partial charge in [-0.2, -0.15) is 9.97 Å². The number of nitrogens with zero attached hydrogens (tertiary/aromatic N) is 4. The number of carbonyl (C=O) groups is 1. The lowest BCUT2D eigenvalue weighted by molar-refractivity contribution is -0.148. The number of carbonyl (C=O) groups excluding carboxylic acids is 1. The van der Waals surface area contributed by atoms with Crippen LogP contribution in [0.15, 0.2) is 6.07 Å². The molecule has 2 aromatic rings. The average Bonchev–Trinajstić information content (AvgIpc) is 3.08. The van der Waals surface area contributed by atoms with Crippen molar-refractivity contribution in [2.24, 2.45) is 5.92 Å². The Labute approximate surface area is 158 Å². The Bertz CT molecular complexity index is 815. The van der Waals surface area contributed by atoms with Crippen LogP contribution in [0.4, 0.5) is 11.8 Å². The van der Waals surface area contributed by atoms with Gasteiger partial charge < -0.3 is 24.3 Å². The molecule has 0 amide bonds. The van der Waals surface area contributed by atoms with Gasteiger partial charge in [0.1, 0.15) is 11.5 Å². The highest BCUT2D eigenvalue weighted by Crippen LogP contribution is 2.31. The van der Waals surface area contributed by atoms with E-state index in [0.717, 1.165) is 61.0 Å². The molecule has 2 aliphatic heterocycles. The first-order valence-corrected chi connectivity index (χ1v) is 9.77. The number of rotatable bonds is 4. The van der Waals surface area contributed by atoms with E-state index in [4.69, 9.17) is 19.4 Å². The summed E-state index contributed by atoms with van der Waals surface area (Å²) in [6.07, 6.45) is 1.82. The molecule has 27 heavy (non-hydrogen) atoms. The van der Waals surface area contributed by atoms with Crippen LogP contribution in [0.25, 0.3) is 11.0 Å². The van der Waals surface area contributed by atoms with E-state index in [1.54, 1.807) is 0 Å². The van der Waals surface area contributed by atoms with Crippen molar-refractivity contribution in [3.63, 3.8) is 0 Å². The Morgan fingerprint density at radius 3 is 2.89 bits per heavy atom. The second-order valence-electron chi connectivity index (χ2n) is 7.20. The van der Waals surface area contributed by atoms with Crippen LogP contribution in [0.5, 0.6) is 0 Å². The SMILES string of the molecule is CCOC(=O)C1CCCN(c2nc(N3CCOCC3)nc3[nH]c(C)cc23)C1. The highest BCUT2D eigenvalue weighted by atomic mass is 16.5. The predicted octanol–water partition coefficient (Wildman–Crippen LogP) is 1.88. The predicted molar refractivity (Wildman–Crippen MR) is 103 cm³/mol. The zero-order chi connectivity index (χ0) is 18.8. The zero-order valence-corrected chi connectivity index (χ0v) is 16.0. The van der Waals surface area contributed by atoms with Crippen LogP contribution >= 0.6 is 0 Å². The van der Waals surface area contributed by atoms with E-state index in [1.807, 2.05) is 13.8 Å². The Morgan fingerprint density at radius 2 is 2.11 bits per heavy atom. The van der Waals surface area contributed by atoms with Gasteiger partial charge in [0, 0.05) is 31.9 Å². The molecule has 2 fully saturated rings. The number of H-pyrrole nitrogens is 1. The summed E-state index contributed by atoms with van der Waals surface area (Å²) in [5.74, 6) is 1.42. The van der Waals surface area contributed by atoms with Crippen molar-refractivity contribution in [1.29, 1.82) is 0 Å². The van der Waals surface area contributed by atoms with Crippen LogP contribution in [-0.4, -0.2) is 66.9 Å². The highest BCUT2D eigenvalue weighted by molar-refractivity contribution is 5.90. The maximum atomic E-state index is 12.2. The fraction of sp³-hybridized carbons (Fsp3) is 0.632. The standard InChI is InChI=1S/C19H27N5O3/c1-3-27-18(25)14-5-4-6-24(12-14)17-15-11-13(2)20-16(15)21-19(22-17)23-7-9-26-10-8-23/h11,14H,3-10,12H2,1-2H3,(H,20,21,22). The van der Waals surface area contributed by atoms with Crippen LogP contribution in [0.1, 0.15) is 25.5 Å². The molecule has 4 rings (SSSR count). The minimum absolute atomic E-state index is 0.101. The van der Waals surface area contributed by atoms with E-state index in [9.17, 15) is 4.79 Å². The van der Waals surface area contributed by atoms with Gasteiger partial charge in [-0.15, -0.1) is 0 Å². The molecule has 1 unspecified atom stereocenters. The topological polar surface area (TPSA) is 83.6 Å². The summed E-state index contributed by atoms with van der Waals surface area (Å²) in [7, 11) is 0. The Morgan fingerprint density at radius 1 is 1.30 bits per heavy atom. The Balaban J connectivity index is 1.67. The molecule has 2 aromatic heterocycles.